The van der Waals surface area contributed by atoms with Crippen LogP contribution in [0.3, 0.4) is 0 Å². The summed E-state index contributed by atoms with van der Waals surface area (Å²) in [7, 11) is 0. The van der Waals surface area contributed by atoms with E-state index in [0.29, 0.717) is 6.54 Å². The van der Waals surface area contributed by atoms with Crippen molar-refractivity contribution in [2.45, 2.75) is 25.7 Å². The topological polar surface area (TPSA) is 49.3 Å². The molecule has 1 saturated carbocycles. The molecule has 20 heavy (non-hydrogen) atoms. The van der Waals surface area contributed by atoms with Gasteiger partial charge in [0.25, 0.3) is 5.91 Å². The molecule has 1 aromatic rings. The van der Waals surface area contributed by atoms with Crippen LogP contribution < -0.4 is 5.32 Å². The molecule has 2 atom stereocenters. The average Bonchev–Trinajstić information content (AvgIpc) is 2.48. The highest BCUT2D eigenvalue weighted by atomic mass is 79.9. The molecule has 110 valence electrons. The minimum Gasteiger partial charge on any atom is -0.396 e. The van der Waals surface area contributed by atoms with Crippen LogP contribution in [-0.2, 0) is 0 Å². The molecule has 1 fully saturated rings. The van der Waals surface area contributed by atoms with Crippen LogP contribution in [0, 0.1) is 17.7 Å². The second-order valence-corrected chi connectivity index (χ2v) is 6.15. The summed E-state index contributed by atoms with van der Waals surface area (Å²) in [4.78, 5) is 12.0. The van der Waals surface area contributed by atoms with Crippen LogP contribution >= 0.6 is 15.9 Å². The standard InChI is InChI=1S/C15H19BrFNO2/c16-13-7-3-6-12(14(13)17)15(20)18-8-10-4-1-2-5-11(10)9-19/h3,6-7,10-11,19H,1-2,4-5,8-9H2,(H,18,20). The fraction of sp³-hybridized carbons (Fsp3) is 0.533. The Morgan fingerprint density at radius 3 is 2.75 bits per heavy atom. The molecular weight excluding hydrogens is 325 g/mol. The molecule has 0 aromatic heterocycles. The summed E-state index contributed by atoms with van der Waals surface area (Å²) in [6, 6.07) is 4.67. The highest BCUT2D eigenvalue weighted by molar-refractivity contribution is 9.10. The molecule has 3 nitrogen and oxygen atoms in total. The van der Waals surface area contributed by atoms with Crippen LogP contribution in [0.2, 0.25) is 0 Å². The Hall–Kier alpha value is -0.940. The van der Waals surface area contributed by atoms with Crippen LogP contribution in [0.15, 0.2) is 22.7 Å². The van der Waals surface area contributed by atoms with Gasteiger partial charge in [-0.2, -0.15) is 0 Å². The fourth-order valence-corrected chi connectivity index (χ4v) is 3.16. The monoisotopic (exact) mass is 343 g/mol. The molecule has 0 saturated heterocycles. The molecule has 1 amide bonds. The number of halogens is 2. The Kier molecular flexibility index (Phi) is 5.54. The van der Waals surface area contributed by atoms with Gasteiger partial charge in [0.15, 0.2) is 0 Å². The van der Waals surface area contributed by atoms with Gasteiger partial charge in [-0.25, -0.2) is 4.39 Å². The molecule has 2 rings (SSSR count). The van der Waals surface area contributed by atoms with E-state index in [4.69, 9.17) is 0 Å². The lowest BCUT2D eigenvalue weighted by Gasteiger charge is -2.30. The smallest absolute Gasteiger partial charge is 0.254 e. The van der Waals surface area contributed by atoms with Crippen molar-refractivity contribution in [3.8, 4) is 0 Å². The van der Waals surface area contributed by atoms with Crippen LogP contribution in [0.25, 0.3) is 0 Å². The Labute approximate surface area is 126 Å². The van der Waals surface area contributed by atoms with E-state index < -0.39 is 11.7 Å². The lowest BCUT2D eigenvalue weighted by molar-refractivity contribution is 0.0905. The summed E-state index contributed by atoms with van der Waals surface area (Å²) in [5.41, 5.74) is 0.0516. The maximum Gasteiger partial charge on any atom is 0.254 e. The predicted octanol–water partition coefficient (Wildman–Crippen LogP) is 3.12. The second-order valence-electron chi connectivity index (χ2n) is 5.30. The lowest BCUT2D eigenvalue weighted by atomic mass is 9.79. The number of hydrogen-bond acceptors (Lipinski definition) is 2. The Morgan fingerprint density at radius 1 is 1.35 bits per heavy atom. The first-order valence-electron chi connectivity index (χ1n) is 6.96. The van der Waals surface area contributed by atoms with Gasteiger partial charge in [0.2, 0.25) is 0 Å². The van der Waals surface area contributed by atoms with Crippen molar-refractivity contribution >= 4 is 21.8 Å². The molecule has 0 aliphatic heterocycles. The maximum absolute atomic E-state index is 13.8. The van der Waals surface area contributed by atoms with E-state index >= 15 is 0 Å². The number of aliphatic hydroxyl groups is 1. The number of carbonyl (C=O) groups excluding carboxylic acids is 1. The van der Waals surface area contributed by atoms with Gasteiger partial charge < -0.3 is 10.4 Å². The second kappa shape index (κ2) is 7.18. The predicted molar refractivity (Wildman–Crippen MR) is 79.0 cm³/mol. The normalized spacial score (nSPS) is 22.6. The molecule has 0 radical (unpaired) electrons. The maximum atomic E-state index is 13.8. The summed E-state index contributed by atoms with van der Waals surface area (Å²) in [6.07, 6.45) is 4.27. The molecule has 0 bridgehead atoms. The minimum absolute atomic E-state index is 0.0516. The van der Waals surface area contributed by atoms with E-state index in [0.717, 1.165) is 25.7 Å². The van der Waals surface area contributed by atoms with Crippen LogP contribution in [0.5, 0.6) is 0 Å². The molecule has 5 heteroatoms. The molecular formula is C15H19BrFNO2. The Bertz CT molecular complexity index is 481. The van der Waals surface area contributed by atoms with Gasteiger partial charge in [-0.05, 0) is 52.7 Å². The zero-order valence-corrected chi connectivity index (χ0v) is 12.8. The molecule has 1 aliphatic carbocycles. The van der Waals surface area contributed by atoms with E-state index in [9.17, 15) is 14.3 Å². The van der Waals surface area contributed by atoms with Crippen LogP contribution in [0.1, 0.15) is 36.0 Å². The third kappa shape index (κ3) is 3.58. The number of benzene rings is 1. The fourth-order valence-electron chi connectivity index (χ4n) is 2.79. The number of carbonyl (C=O) groups is 1. The summed E-state index contributed by atoms with van der Waals surface area (Å²) < 4.78 is 14.1. The van der Waals surface area contributed by atoms with E-state index in [1.807, 2.05) is 0 Å². The van der Waals surface area contributed by atoms with Gasteiger partial charge in [0.1, 0.15) is 5.82 Å². The quantitative estimate of drug-likeness (QED) is 0.882. The number of aliphatic hydroxyl groups excluding tert-OH is 1. The summed E-state index contributed by atoms with van der Waals surface area (Å²) in [5, 5.41) is 12.1. The number of amides is 1. The number of nitrogens with one attached hydrogen (secondary N) is 1. The molecule has 1 aromatic carbocycles. The third-order valence-corrected chi connectivity index (χ3v) is 4.63. The van der Waals surface area contributed by atoms with Gasteiger partial charge in [-0.15, -0.1) is 0 Å². The average molecular weight is 344 g/mol. The van der Waals surface area contributed by atoms with E-state index in [1.165, 1.54) is 6.07 Å². The summed E-state index contributed by atoms with van der Waals surface area (Å²) in [6.45, 7) is 0.655. The third-order valence-electron chi connectivity index (χ3n) is 4.02. The largest absolute Gasteiger partial charge is 0.396 e. The van der Waals surface area contributed by atoms with Gasteiger partial charge in [-0.1, -0.05) is 18.9 Å². The van der Waals surface area contributed by atoms with Gasteiger partial charge in [0.05, 0.1) is 10.0 Å². The SMILES string of the molecule is O=C(NCC1CCCCC1CO)c1cccc(Br)c1F. The first-order valence-corrected chi connectivity index (χ1v) is 7.76. The van der Waals surface area contributed by atoms with Crippen molar-refractivity contribution in [1.82, 2.24) is 5.32 Å². The van der Waals surface area contributed by atoms with Crippen molar-refractivity contribution in [2.24, 2.45) is 11.8 Å². The van der Waals surface area contributed by atoms with Gasteiger partial charge in [0, 0.05) is 13.2 Å². The van der Waals surface area contributed by atoms with Gasteiger partial charge in [-0.3, -0.25) is 4.79 Å². The Morgan fingerprint density at radius 2 is 2.05 bits per heavy atom. The van der Waals surface area contributed by atoms with Crippen molar-refractivity contribution in [1.29, 1.82) is 0 Å². The zero-order valence-electron chi connectivity index (χ0n) is 11.2. The Balaban J connectivity index is 1.96. The van der Waals surface area contributed by atoms with Crippen molar-refractivity contribution < 1.29 is 14.3 Å². The number of hydrogen-bond donors (Lipinski definition) is 2. The van der Waals surface area contributed by atoms with E-state index in [1.54, 1.807) is 12.1 Å². The first-order chi connectivity index (χ1) is 9.63. The zero-order chi connectivity index (χ0) is 14.5. The van der Waals surface area contributed by atoms with E-state index in [2.05, 4.69) is 21.2 Å². The van der Waals surface area contributed by atoms with Crippen LogP contribution in [-0.4, -0.2) is 24.2 Å². The van der Waals surface area contributed by atoms with Gasteiger partial charge >= 0.3 is 0 Å². The highest BCUT2D eigenvalue weighted by Gasteiger charge is 2.25. The minimum atomic E-state index is -0.535. The highest BCUT2D eigenvalue weighted by Crippen LogP contribution is 2.29. The van der Waals surface area contributed by atoms with Crippen molar-refractivity contribution in [3.05, 3.63) is 34.1 Å². The van der Waals surface area contributed by atoms with Crippen molar-refractivity contribution in [2.75, 3.05) is 13.2 Å². The van der Waals surface area contributed by atoms with Crippen molar-refractivity contribution in [3.63, 3.8) is 0 Å². The summed E-state index contributed by atoms with van der Waals surface area (Å²) in [5.74, 6) is -0.400. The molecule has 1 aliphatic rings. The molecule has 0 spiro atoms. The molecule has 0 heterocycles. The molecule has 2 N–H and O–H groups in total. The molecule has 2 unspecified atom stereocenters. The van der Waals surface area contributed by atoms with E-state index in [-0.39, 0.29) is 28.5 Å². The first kappa shape index (κ1) is 15.4. The van der Waals surface area contributed by atoms with Crippen LogP contribution in [0.4, 0.5) is 4.39 Å². The number of rotatable bonds is 4. The lowest BCUT2D eigenvalue weighted by Crippen LogP contribution is -2.35. The summed E-state index contributed by atoms with van der Waals surface area (Å²) >= 11 is 3.07.